The predicted octanol–water partition coefficient (Wildman–Crippen LogP) is 5.77. The number of fused-ring (bicyclic) bond motifs is 2. The number of hydrogen-bond donors (Lipinski definition) is 0. The fourth-order valence-corrected chi connectivity index (χ4v) is 6.52. The molecule has 6 nitrogen and oxygen atoms in total. The number of nitrogens with zero attached hydrogens (tertiary/aromatic N) is 5. The normalized spacial score (nSPS) is 18.2. The summed E-state index contributed by atoms with van der Waals surface area (Å²) in [6.07, 6.45) is 4.73. The molecule has 0 radical (unpaired) electrons. The Morgan fingerprint density at radius 2 is 1.61 bits per heavy atom. The zero-order valence-corrected chi connectivity index (χ0v) is 20.3. The molecule has 0 unspecified atom stereocenters. The lowest BCUT2D eigenvalue weighted by Gasteiger charge is -2.31. The van der Waals surface area contributed by atoms with Gasteiger partial charge in [0.25, 0.3) is 0 Å². The third-order valence-electron chi connectivity index (χ3n) is 6.63. The molecular formula is C25H27N5OS2. The van der Waals surface area contributed by atoms with Gasteiger partial charge >= 0.3 is 0 Å². The van der Waals surface area contributed by atoms with Crippen molar-refractivity contribution in [2.75, 3.05) is 28.6 Å². The van der Waals surface area contributed by atoms with Gasteiger partial charge in [-0.25, -0.2) is 0 Å². The summed E-state index contributed by atoms with van der Waals surface area (Å²) in [5.41, 5.74) is 1.91. The van der Waals surface area contributed by atoms with E-state index in [4.69, 9.17) is 0 Å². The lowest BCUT2D eigenvalue weighted by atomic mass is 10.00. The maximum Gasteiger partial charge on any atom is 0.242 e. The number of anilines is 3. The Balaban J connectivity index is 1.24. The van der Waals surface area contributed by atoms with Gasteiger partial charge in [0.2, 0.25) is 11.9 Å². The number of piperidine rings is 1. The highest BCUT2D eigenvalue weighted by molar-refractivity contribution is 8.00. The number of carbonyl (C=O) groups excluding carboxylic acids is 1. The minimum Gasteiger partial charge on any atom is -0.341 e. The van der Waals surface area contributed by atoms with E-state index in [9.17, 15) is 4.79 Å². The first-order chi connectivity index (χ1) is 16.2. The van der Waals surface area contributed by atoms with E-state index in [2.05, 4.69) is 38.7 Å². The Hall–Kier alpha value is -2.45. The maximum atomic E-state index is 13.6. The van der Waals surface area contributed by atoms with E-state index < -0.39 is 0 Å². The molecular weight excluding hydrogens is 450 g/mol. The minimum atomic E-state index is 0.0684. The van der Waals surface area contributed by atoms with Gasteiger partial charge in [-0.15, -0.1) is 10.2 Å². The number of para-hydroxylation sites is 2. The largest absolute Gasteiger partial charge is 0.341 e. The van der Waals surface area contributed by atoms with Crippen molar-refractivity contribution in [1.82, 2.24) is 14.8 Å². The molecule has 0 bridgehead atoms. The van der Waals surface area contributed by atoms with Gasteiger partial charge < -0.3 is 4.90 Å². The number of thioether (sulfide) groups is 1. The Morgan fingerprint density at radius 1 is 0.970 bits per heavy atom. The summed E-state index contributed by atoms with van der Waals surface area (Å²) in [6, 6.07) is 16.7. The van der Waals surface area contributed by atoms with Gasteiger partial charge in [0.15, 0.2) is 5.16 Å². The maximum absolute atomic E-state index is 13.6. The third kappa shape index (κ3) is 4.04. The molecule has 2 aromatic carbocycles. The highest BCUT2D eigenvalue weighted by Crippen LogP contribution is 2.48. The van der Waals surface area contributed by atoms with Crippen LogP contribution in [0.1, 0.15) is 38.6 Å². The van der Waals surface area contributed by atoms with E-state index in [0.29, 0.717) is 11.8 Å². The van der Waals surface area contributed by atoms with Crippen molar-refractivity contribution < 1.29 is 4.79 Å². The van der Waals surface area contributed by atoms with Gasteiger partial charge in [-0.1, -0.05) is 54.7 Å². The molecule has 6 rings (SSSR count). The molecule has 3 aromatic rings. The van der Waals surface area contributed by atoms with Gasteiger partial charge in [0, 0.05) is 28.9 Å². The molecule has 2 fully saturated rings. The molecule has 1 amide bonds. The lowest BCUT2D eigenvalue weighted by Crippen LogP contribution is -2.34. The van der Waals surface area contributed by atoms with E-state index in [1.165, 1.54) is 37.4 Å². The average molecular weight is 478 g/mol. The average Bonchev–Trinajstić information content (AvgIpc) is 3.60. The Labute approximate surface area is 202 Å². The lowest BCUT2D eigenvalue weighted by molar-refractivity contribution is -0.115. The summed E-state index contributed by atoms with van der Waals surface area (Å²) >= 11 is 3.24. The Kier molecular flexibility index (Phi) is 5.58. The molecule has 0 spiro atoms. The van der Waals surface area contributed by atoms with Crippen molar-refractivity contribution in [3.63, 3.8) is 0 Å². The monoisotopic (exact) mass is 477 g/mol. The number of benzene rings is 2. The van der Waals surface area contributed by atoms with Crippen molar-refractivity contribution in [2.24, 2.45) is 5.92 Å². The smallest absolute Gasteiger partial charge is 0.242 e. The molecule has 1 aliphatic carbocycles. The zero-order valence-electron chi connectivity index (χ0n) is 18.7. The Bertz CT molecular complexity index is 1140. The van der Waals surface area contributed by atoms with E-state index in [0.717, 1.165) is 51.3 Å². The SMILES string of the molecule is CC1CCN(c2nnc(SCC(=O)N3c4ccccc4Sc4ccccc43)n2C2CC2)CC1. The molecule has 3 heterocycles. The summed E-state index contributed by atoms with van der Waals surface area (Å²) < 4.78 is 2.29. The summed E-state index contributed by atoms with van der Waals surface area (Å²) in [4.78, 5) is 20.0. The third-order valence-corrected chi connectivity index (χ3v) is 8.69. The van der Waals surface area contributed by atoms with E-state index in [1.807, 2.05) is 41.3 Å². The highest BCUT2D eigenvalue weighted by atomic mass is 32.2. The standard InChI is InChI=1S/C25H27N5OS2/c1-17-12-14-28(15-13-17)24-26-27-25(29(24)18-10-11-18)32-16-23(31)30-19-6-2-4-8-21(19)33-22-9-5-3-7-20(22)30/h2-9,17-18H,10-16H2,1H3. The zero-order chi connectivity index (χ0) is 22.4. The molecule has 170 valence electrons. The van der Waals surface area contributed by atoms with Crippen LogP contribution < -0.4 is 9.80 Å². The first-order valence-electron chi connectivity index (χ1n) is 11.7. The summed E-state index contributed by atoms with van der Waals surface area (Å²) in [5.74, 6) is 2.16. The number of hydrogen-bond acceptors (Lipinski definition) is 6. The van der Waals surface area contributed by atoms with Crippen molar-refractivity contribution in [2.45, 2.75) is 53.6 Å². The van der Waals surface area contributed by atoms with Gasteiger partial charge in [0.05, 0.1) is 17.1 Å². The number of amides is 1. The molecule has 3 aliphatic rings. The van der Waals surface area contributed by atoms with Gasteiger partial charge in [-0.2, -0.15) is 0 Å². The molecule has 0 N–H and O–H groups in total. The van der Waals surface area contributed by atoms with Gasteiger partial charge in [-0.05, 0) is 55.9 Å². The summed E-state index contributed by atoms with van der Waals surface area (Å²) in [6.45, 7) is 4.40. The molecule has 8 heteroatoms. The molecule has 1 saturated heterocycles. The molecule has 1 saturated carbocycles. The number of rotatable bonds is 5. The van der Waals surface area contributed by atoms with E-state index >= 15 is 0 Å². The van der Waals surface area contributed by atoms with E-state index in [1.54, 1.807) is 11.8 Å². The first-order valence-corrected chi connectivity index (χ1v) is 13.5. The second-order valence-electron chi connectivity index (χ2n) is 9.11. The van der Waals surface area contributed by atoms with Crippen LogP contribution in [0.2, 0.25) is 0 Å². The van der Waals surface area contributed by atoms with Crippen LogP contribution in [0.15, 0.2) is 63.5 Å². The topological polar surface area (TPSA) is 54.3 Å². The molecule has 2 aliphatic heterocycles. The van der Waals surface area contributed by atoms with Crippen molar-refractivity contribution >= 4 is 46.8 Å². The fourth-order valence-electron chi connectivity index (χ4n) is 4.61. The van der Waals surface area contributed by atoms with Crippen LogP contribution in [0.3, 0.4) is 0 Å². The van der Waals surface area contributed by atoms with Crippen LogP contribution in [-0.4, -0.2) is 39.5 Å². The van der Waals surface area contributed by atoms with Crippen LogP contribution in [0.25, 0.3) is 0 Å². The van der Waals surface area contributed by atoms with Gasteiger partial charge in [-0.3, -0.25) is 14.3 Å². The van der Waals surface area contributed by atoms with Gasteiger partial charge in [0.1, 0.15) is 0 Å². The van der Waals surface area contributed by atoms with Crippen molar-refractivity contribution in [3.8, 4) is 0 Å². The molecule has 33 heavy (non-hydrogen) atoms. The second-order valence-corrected chi connectivity index (χ2v) is 11.1. The summed E-state index contributed by atoms with van der Waals surface area (Å²) in [7, 11) is 0. The predicted molar refractivity (Wildman–Crippen MR) is 134 cm³/mol. The quantitative estimate of drug-likeness (QED) is 0.435. The van der Waals surface area contributed by atoms with Crippen LogP contribution in [0.5, 0.6) is 0 Å². The van der Waals surface area contributed by atoms with Crippen LogP contribution in [0, 0.1) is 5.92 Å². The molecule has 0 atom stereocenters. The van der Waals surface area contributed by atoms with Crippen LogP contribution in [0.4, 0.5) is 17.3 Å². The van der Waals surface area contributed by atoms with Crippen molar-refractivity contribution in [3.05, 3.63) is 48.5 Å². The number of carbonyl (C=O) groups is 1. The molecule has 1 aromatic heterocycles. The first kappa shape index (κ1) is 21.1. The van der Waals surface area contributed by atoms with Crippen LogP contribution >= 0.6 is 23.5 Å². The fraction of sp³-hybridized carbons (Fsp3) is 0.400. The highest BCUT2D eigenvalue weighted by Gasteiger charge is 2.34. The van der Waals surface area contributed by atoms with E-state index in [-0.39, 0.29) is 5.91 Å². The second kappa shape index (κ2) is 8.72. The van der Waals surface area contributed by atoms with Crippen LogP contribution in [-0.2, 0) is 4.79 Å². The van der Waals surface area contributed by atoms with Crippen molar-refractivity contribution in [1.29, 1.82) is 0 Å². The number of aromatic nitrogens is 3. The minimum absolute atomic E-state index is 0.0684. The summed E-state index contributed by atoms with van der Waals surface area (Å²) in [5, 5.41) is 9.98. The Morgan fingerprint density at radius 3 is 2.24 bits per heavy atom.